The molecule has 0 spiro atoms. The molecule has 0 bridgehead atoms. The zero-order chi connectivity index (χ0) is 15.6. The number of carbonyl (C=O) groups is 1. The number of carbonyl (C=O) groups excluding carboxylic acids is 1. The van der Waals surface area contributed by atoms with Crippen LogP contribution in [-0.4, -0.2) is 46.0 Å². The van der Waals surface area contributed by atoms with Crippen LogP contribution in [0.3, 0.4) is 0 Å². The van der Waals surface area contributed by atoms with Crippen molar-refractivity contribution in [1.29, 1.82) is 0 Å². The molecule has 0 aliphatic heterocycles. The van der Waals surface area contributed by atoms with Crippen molar-refractivity contribution in [3.05, 3.63) is 29.7 Å². The Balaban J connectivity index is 2.21. The maximum atomic E-state index is 12.8. The SMILES string of the molecule is CN(C)CC(=O)NCc1nnc2c(C(F)(F)F)cccn12. The van der Waals surface area contributed by atoms with Crippen LogP contribution in [0.1, 0.15) is 11.4 Å². The van der Waals surface area contributed by atoms with Crippen LogP contribution in [0.2, 0.25) is 0 Å². The highest BCUT2D eigenvalue weighted by atomic mass is 19.4. The molecule has 2 aromatic rings. The van der Waals surface area contributed by atoms with Crippen LogP contribution in [-0.2, 0) is 17.5 Å². The van der Waals surface area contributed by atoms with E-state index in [0.717, 1.165) is 6.07 Å². The van der Waals surface area contributed by atoms with E-state index in [-0.39, 0.29) is 30.5 Å². The van der Waals surface area contributed by atoms with Gasteiger partial charge in [-0.05, 0) is 26.2 Å². The summed E-state index contributed by atoms with van der Waals surface area (Å²) < 4.78 is 39.7. The Hall–Kier alpha value is -2.16. The minimum absolute atomic E-state index is 0.00908. The van der Waals surface area contributed by atoms with E-state index in [1.54, 1.807) is 19.0 Å². The molecule has 0 aromatic carbocycles. The second kappa shape index (κ2) is 5.68. The molecule has 2 aromatic heterocycles. The molecule has 0 unspecified atom stereocenters. The summed E-state index contributed by atoms with van der Waals surface area (Å²) in [5.74, 6) is -0.00747. The molecular weight excluding hydrogens is 287 g/mol. The average molecular weight is 301 g/mol. The van der Waals surface area contributed by atoms with E-state index in [1.807, 2.05) is 0 Å². The molecule has 2 heterocycles. The summed E-state index contributed by atoms with van der Waals surface area (Å²) in [6.45, 7) is 0.194. The normalized spacial score (nSPS) is 12.1. The number of amides is 1. The van der Waals surface area contributed by atoms with Crippen LogP contribution in [0.4, 0.5) is 13.2 Å². The molecule has 0 fully saturated rings. The van der Waals surface area contributed by atoms with Crippen LogP contribution >= 0.6 is 0 Å². The number of hydrogen-bond donors (Lipinski definition) is 1. The lowest BCUT2D eigenvalue weighted by atomic mass is 10.2. The van der Waals surface area contributed by atoms with Crippen molar-refractivity contribution in [2.24, 2.45) is 0 Å². The Bertz CT molecular complexity index is 650. The lowest BCUT2D eigenvalue weighted by molar-refractivity contribution is -0.136. The molecule has 0 saturated carbocycles. The highest BCUT2D eigenvalue weighted by Gasteiger charge is 2.34. The molecule has 0 atom stereocenters. The second-order valence-corrected chi connectivity index (χ2v) is 4.74. The maximum absolute atomic E-state index is 12.8. The van der Waals surface area contributed by atoms with E-state index in [0.29, 0.717) is 0 Å². The number of likely N-dealkylation sites (N-methyl/N-ethyl adjacent to an activating group) is 1. The minimum Gasteiger partial charge on any atom is -0.348 e. The van der Waals surface area contributed by atoms with E-state index in [1.165, 1.54) is 16.7 Å². The fourth-order valence-corrected chi connectivity index (χ4v) is 1.83. The topological polar surface area (TPSA) is 62.5 Å². The average Bonchev–Trinajstić information content (AvgIpc) is 2.77. The lowest BCUT2D eigenvalue weighted by Gasteiger charge is -2.10. The standard InChI is InChI=1S/C12H14F3N5O/c1-19(2)7-10(21)16-6-9-17-18-11-8(12(13,14)15)4-3-5-20(9)11/h3-5H,6-7H2,1-2H3,(H,16,21). The number of hydrogen-bond acceptors (Lipinski definition) is 4. The van der Waals surface area contributed by atoms with Gasteiger partial charge in [-0.25, -0.2) is 0 Å². The Labute approximate surface area is 118 Å². The predicted octanol–water partition coefficient (Wildman–Crippen LogP) is 0.926. The summed E-state index contributed by atoms with van der Waals surface area (Å²) >= 11 is 0. The number of nitrogens with one attached hydrogen (secondary N) is 1. The molecular formula is C12H14F3N5O. The molecule has 1 amide bonds. The van der Waals surface area contributed by atoms with Gasteiger partial charge in [0.2, 0.25) is 5.91 Å². The number of rotatable bonds is 4. The Morgan fingerprint density at radius 2 is 2.10 bits per heavy atom. The number of pyridine rings is 1. The van der Waals surface area contributed by atoms with Gasteiger partial charge in [0.05, 0.1) is 13.1 Å². The number of halogens is 3. The third-order valence-corrected chi connectivity index (χ3v) is 2.71. The summed E-state index contributed by atoms with van der Waals surface area (Å²) in [5.41, 5.74) is -1.13. The second-order valence-electron chi connectivity index (χ2n) is 4.74. The summed E-state index contributed by atoms with van der Waals surface area (Å²) in [6.07, 6.45) is -3.07. The van der Waals surface area contributed by atoms with Gasteiger partial charge in [-0.1, -0.05) is 0 Å². The molecule has 0 radical (unpaired) electrons. The molecule has 6 nitrogen and oxygen atoms in total. The van der Waals surface area contributed by atoms with Gasteiger partial charge in [-0.15, -0.1) is 10.2 Å². The van der Waals surface area contributed by atoms with Gasteiger partial charge in [0.1, 0.15) is 5.56 Å². The highest BCUT2D eigenvalue weighted by molar-refractivity contribution is 5.77. The molecule has 0 aliphatic carbocycles. The first-order valence-electron chi connectivity index (χ1n) is 6.10. The van der Waals surface area contributed by atoms with E-state index in [2.05, 4.69) is 15.5 Å². The third-order valence-electron chi connectivity index (χ3n) is 2.71. The molecule has 0 saturated heterocycles. The van der Waals surface area contributed by atoms with Gasteiger partial charge >= 0.3 is 6.18 Å². The lowest BCUT2D eigenvalue weighted by Crippen LogP contribution is -2.33. The quantitative estimate of drug-likeness (QED) is 0.912. The number of aromatic nitrogens is 3. The van der Waals surface area contributed by atoms with Gasteiger partial charge in [0.15, 0.2) is 11.5 Å². The Morgan fingerprint density at radius 3 is 2.71 bits per heavy atom. The van der Waals surface area contributed by atoms with Gasteiger partial charge < -0.3 is 10.2 Å². The van der Waals surface area contributed by atoms with Gasteiger partial charge in [-0.3, -0.25) is 9.20 Å². The van der Waals surface area contributed by atoms with Crippen molar-refractivity contribution in [3.8, 4) is 0 Å². The summed E-state index contributed by atoms with van der Waals surface area (Å²) in [6, 6.07) is 2.21. The molecule has 114 valence electrons. The van der Waals surface area contributed by atoms with Crippen LogP contribution < -0.4 is 5.32 Å². The fraction of sp³-hybridized carbons (Fsp3) is 0.417. The molecule has 2 rings (SSSR count). The van der Waals surface area contributed by atoms with Crippen LogP contribution in [0.25, 0.3) is 5.65 Å². The van der Waals surface area contributed by atoms with Gasteiger partial charge in [0, 0.05) is 6.20 Å². The van der Waals surface area contributed by atoms with E-state index >= 15 is 0 Å². The van der Waals surface area contributed by atoms with E-state index in [4.69, 9.17) is 0 Å². The zero-order valence-electron chi connectivity index (χ0n) is 11.5. The Kier molecular flexibility index (Phi) is 4.12. The first kappa shape index (κ1) is 15.2. The van der Waals surface area contributed by atoms with Crippen molar-refractivity contribution in [1.82, 2.24) is 24.8 Å². The largest absolute Gasteiger partial charge is 0.420 e. The highest BCUT2D eigenvalue weighted by Crippen LogP contribution is 2.31. The van der Waals surface area contributed by atoms with Crippen LogP contribution in [0.15, 0.2) is 18.3 Å². The molecule has 1 N–H and O–H groups in total. The van der Waals surface area contributed by atoms with Crippen molar-refractivity contribution >= 4 is 11.6 Å². The predicted molar refractivity (Wildman–Crippen MR) is 68.4 cm³/mol. The van der Waals surface area contributed by atoms with E-state index < -0.39 is 11.7 Å². The van der Waals surface area contributed by atoms with Crippen molar-refractivity contribution < 1.29 is 18.0 Å². The van der Waals surface area contributed by atoms with Crippen LogP contribution in [0, 0.1) is 0 Å². The molecule has 21 heavy (non-hydrogen) atoms. The monoisotopic (exact) mass is 301 g/mol. The summed E-state index contributed by atoms with van der Waals surface area (Å²) in [5, 5.41) is 9.84. The molecule has 9 heteroatoms. The van der Waals surface area contributed by atoms with Gasteiger partial charge in [0.25, 0.3) is 0 Å². The third kappa shape index (κ3) is 3.48. The van der Waals surface area contributed by atoms with Crippen molar-refractivity contribution in [2.75, 3.05) is 20.6 Å². The van der Waals surface area contributed by atoms with Crippen molar-refractivity contribution in [3.63, 3.8) is 0 Å². The van der Waals surface area contributed by atoms with E-state index in [9.17, 15) is 18.0 Å². The number of alkyl halides is 3. The van der Waals surface area contributed by atoms with Crippen molar-refractivity contribution in [2.45, 2.75) is 12.7 Å². The first-order valence-corrected chi connectivity index (χ1v) is 6.10. The maximum Gasteiger partial charge on any atom is 0.420 e. The first-order chi connectivity index (χ1) is 9.79. The van der Waals surface area contributed by atoms with Crippen LogP contribution in [0.5, 0.6) is 0 Å². The minimum atomic E-state index is -4.50. The summed E-state index contributed by atoms with van der Waals surface area (Å²) in [7, 11) is 3.48. The molecule has 0 aliphatic rings. The van der Waals surface area contributed by atoms with Gasteiger partial charge in [-0.2, -0.15) is 13.2 Å². The summed E-state index contributed by atoms with van der Waals surface area (Å²) in [4.78, 5) is 13.2. The Morgan fingerprint density at radius 1 is 1.38 bits per heavy atom. The number of fused-ring (bicyclic) bond motifs is 1. The number of nitrogens with zero attached hydrogens (tertiary/aromatic N) is 4. The zero-order valence-corrected chi connectivity index (χ0v) is 11.5. The smallest absolute Gasteiger partial charge is 0.348 e. The fourth-order valence-electron chi connectivity index (χ4n) is 1.83.